The van der Waals surface area contributed by atoms with E-state index in [0.717, 1.165) is 22.3 Å². The fourth-order valence-corrected chi connectivity index (χ4v) is 5.24. The minimum atomic E-state index is -1.01. The molecule has 1 fully saturated rings. The van der Waals surface area contributed by atoms with E-state index in [9.17, 15) is 5.11 Å². The second-order valence-corrected chi connectivity index (χ2v) is 10.2. The van der Waals surface area contributed by atoms with Gasteiger partial charge in [0.1, 0.15) is 36.6 Å². The monoisotopic (exact) mass is 554 g/mol. The van der Waals surface area contributed by atoms with Gasteiger partial charge in [0, 0.05) is 7.11 Å². The van der Waals surface area contributed by atoms with Crippen LogP contribution in [0, 0.1) is 0 Å². The molecule has 4 aromatic carbocycles. The van der Waals surface area contributed by atoms with Crippen LogP contribution in [0.5, 0.6) is 0 Å². The van der Waals surface area contributed by atoms with Crippen LogP contribution in [0.3, 0.4) is 0 Å². The largest absolute Gasteiger partial charge is 0.387 e. The Bertz CT molecular complexity index is 1270. The van der Waals surface area contributed by atoms with Crippen LogP contribution >= 0.6 is 0 Å². The van der Waals surface area contributed by atoms with Gasteiger partial charge in [-0.15, -0.1) is 0 Å². The molecule has 0 radical (unpaired) electrons. The number of aliphatic hydroxyl groups is 1. The second-order valence-electron chi connectivity index (χ2n) is 10.2. The Balaban J connectivity index is 1.45. The first-order valence-electron chi connectivity index (χ1n) is 14.1. The summed E-state index contributed by atoms with van der Waals surface area (Å²) in [4.78, 5) is 0. The van der Waals surface area contributed by atoms with Crippen molar-refractivity contribution in [2.75, 3.05) is 7.11 Å². The van der Waals surface area contributed by atoms with Crippen molar-refractivity contribution in [3.8, 4) is 0 Å². The normalized spacial score (nSPS) is 24.2. The molecule has 0 bridgehead atoms. The molecule has 6 heteroatoms. The Kier molecular flexibility index (Phi) is 10.7. The van der Waals surface area contributed by atoms with E-state index in [1.807, 2.05) is 121 Å². The highest BCUT2D eigenvalue weighted by atomic mass is 16.6. The van der Waals surface area contributed by atoms with Gasteiger partial charge >= 0.3 is 0 Å². The highest BCUT2D eigenvalue weighted by Crippen LogP contribution is 2.34. The quantitative estimate of drug-likeness (QED) is 0.228. The summed E-state index contributed by atoms with van der Waals surface area (Å²) in [5, 5.41) is 11.7. The summed E-state index contributed by atoms with van der Waals surface area (Å²) in [5.74, 6) is 0. The van der Waals surface area contributed by atoms with Crippen LogP contribution in [0.1, 0.15) is 22.3 Å². The lowest BCUT2D eigenvalue weighted by molar-refractivity contribution is -0.277. The number of rotatable bonds is 13. The molecule has 0 amide bonds. The minimum absolute atomic E-state index is 0.311. The van der Waals surface area contributed by atoms with E-state index >= 15 is 0 Å². The number of benzene rings is 4. The van der Waals surface area contributed by atoms with Gasteiger partial charge in [-0.2, -0.15) is 0 Å². The lowest BCUT2D eigenvalue weighted by Crippen LogP contribution is -2.66. The second kappa shape index (κ2) is 15.0. The number of aliphatic hydroxyl groups excluding tert-OH is 1. The van der Waals surface area contributed by atoms with Crippen molar-refractivity contribution in [3.63, 3.8) is 0 Å². The molecule has 0 aliphatic heterocycles. The first kappa shape index (κ1) is 29.1. The van der Waals surface area contributed by atoms with Crippen molar-refractivity contribution in [1.29, 1.82) is 0 Å². The summed E-state index contributed by atoms with van der Waals surface area (Å²) in [6, 6.07) is 39.8. The minimum Gasteiger partial charge on any atom is -0.387 e. The van der Waals surface area contributed by atoms with Crippen LogP contribution in [0.25, 0.3) is 0 Å². The highest BCUT2D eigenvalue weighted by Gasteiger charge is 2.53. The summed E-state index contributed by atoms with van der Waals surface area (Å²) in [7, 11) is 1.58. The summed E-state index contributed by atoms with van der Waals surface area (Å²) in [5.41, 5.74) is 4.06. The molecule has 4 aromatic rings. The van der Waals surface area contributed by atoms with E-state index in [1.54, 1.807) is 7.11 Å². The first-order valence-corrected chi connectivity index (χ1v) is 14.1. The van der Waals surface area contributed by atoms with E-state index in [2.05, 4.69) is 0 Å². The Labute approximate surface area is 242 Å². The molecule has 1 aliphatic rings. The number of ether oxygens (including phenoxy) is 5. The van der Waals surface area contributed by atoms with E-state index < -0.39 is 36.6 Å². The molecule has 1 aliphatic carbocycles. The standard InChI is InChI=1S/C35H38O6/c1-37-31-30(36)32(38-22-26-14-6-2-7-15-26)34(40-24-28-18-10-4-11-19-28)35(41-25-29-20-12-5-13-21-29)33(31)39-23-27-16-8-3-9-17-27/h2-21,30-36H,22-25H2,1H3/t30-,31+,32-,33-,34+,35+/m1/s1. The van der Waals surface area contributed by atoms with Gasteiger partial charge in [0.25, 0.3) is 0 Å². The van der Waals surface area contributed by atoms with E-state index in [0.29, 0.717) is 26.4 Å². The third-order valence-electron chi connectivity index (χ3n) is 7.38. The Hall–Kier alpha value is -3.36. The fourth-order valence-electron chi connectivity index (χ4n) is 5.24. The number of methoxy groups -OCH3 is 1. The molecule has 214 valence electrons. The lowest BCUT2D eigenvalue weighted by atomic mass is 9.83. The van der Waals surface area contributed by atoms with Gasteiger partial charge in [-0.25, -0.2) is 0 Å². The van der Waals surface area contributed by atoms with Crippen LogP contribution in [-0.2, 0) is 50.1 Å². The van der Waals surface area contributed by atoms with Crippen molar-refractivity contribution in [2.24, 2.45) is 0 Å². The summed E-state index contributed by atoms with van der Waals surface area (Å²) in [6.07, 6.45) is -4.27. The molecule has 0 saturated heterocycles. The molecule has 1 saturated carbocycles. The van der Waals surface area contributed by atoms with Gasteiger partial charge in [-0.1, -0.05) is 121 Å². The molecule has 0 heterocycles. The number of hydrogen-bond donors (Lipinski definition) is 1. The average molecular weight is 555 g/mol. The summed E-state index contributed by atoms with van der Waals surface area (Å²) < 4.78 is 32.0. The zero-order chi connectivity index (χ0) is 28.3. The number of hydrogen-bond acceptors (Lipinski definition) is 6. The van der Waals surface area contributed by atoms with Crippen molar-refractivity contribution in [2.45, 2.75) is 63.1 Å². The van der Waals surface area contributed by atoms with Gasteiger partial charge in [-0.3, -0.25) is 0 Å². The smallest absolute Gasteiger partial charge is 0.116 e. The van der Waals surface area contributed by atoms with Crippen LogP contribution < -0.4 is 0 Å². The Morgan fingerprint density at radius 2 is 0.683 bits per heavy atom. The van der Waals surface area contributed by atoms with E-state index in [1.165, 1.54) is 0 Å². The lowest BCUT2D eigenvalue weighted by Gasteiger charge is -2.48. The zero-order valence-corrected chi connectivity index (χ0v) is 23.3. The molecule has 0 unspecified atom stereocenters. The Morgan fingerprint density at radius 3 is 1.00 bits per heavy atom. The first-order chi connectivity index (χ1) is 20.2. The van der Waals surface area contributed by atoms with Crippen molar-refractivity contribution < 1.29 is 28.8 Å². The van der Waals surface area contributed by atoms with Gasteiger partial charge < -0.3 is 28.8 Å². The Morgan fingerprint density at radius 1 is 0.415 bits per heavy atom. The summed E-state index contributed by atoms with van der Waals surface area (Å²) >= 11 is 0. The van der Waals surface area contributed by atoms with Gasteiger partial charge in [0.05, 0.1) is 26.4 Å². The zero-order valence-electron chi connectivity index (χ0n) is 23.3. The molecule has 6 atom stereocenters. The van der Waals surface area contributed by atoms with Gasteiger partial charge in [0.2, 0.25) is 0 Å². The fraction of sp³-hybridized carbons (Fsp3) is 0.314. The van der Waals surface area contributed by atoms with Crippen LogP contribution in [0.15, 0.2) is 121 Å². The van der Waals surface area contributed by atoms with Crippen molar-refractivity contribution in [1.82, 2.24) is 0 Å². The predicted molar refractivity (Wildman–Crippen MR) is 157 cm³/mol. The average Bonchev–Trinajstić information content (AvgIpc) is 3.03. The molecule has 0 aromatic heterocycles. The van der Waals surface area contributed by atoms with Gasteiger partial charge in [-0.05, 0) is 22.3 Å². The van der Waals surface area contributed by atoms with Crippen LogP contribution in [0.4, 0.5) is 0 Å². The third-order valence-corrected chi connectivity index (χ3v) is 7.38. The summed E-state index contributed by atoms with van der Waals surface area (Å²) in [6.45, 7) is 1.33. The van der Waals surface area contributed by atoms with Crippen LogP contribution in [-0.4, -0.2) is 48.8 Å². The predicted octanol–water partition coefficient (Wildman–Crippen LogP) is 5.72. The van der Waals surface area contributed by atoms with Crippen molar-refractivity contribution in [3.05, 3.63) is 144 Å². The molecule has 41 heavy (non-hydrogen) atoms. The maximum atomic E-state index is 11.7. The maximum Gasteiger partial charge on any atom is 0.116 e. The SMILES string of the molecule is CO[C@H]1[C@@H](O)[C@@H](OCc2ccccc2)[C@H](OCc2ccccc2)[C@@H](OCc2ccccc2)[C@@H]1OCc1ccccc1. The topological polar surface area (TPSA) is 66.4 Å². The molecular formula is C35H38O6. The maximum absolute atomic E-state index is 11.7. The third kappa shape index (κ3) is 7.89. The van der Waals surface area contributed by atoms with Crippen molar-refractivity contribution >= 4 is 0 Å². The van der Waals surface area contributed by atoms with Gasteiger partial charge in [0.15, 0.2) is 0 Å². The molecule has 6 nitrogen and oxygen atoms in total. The molecule has 1 N–H and O–H groups in total. The van der Waals surface area contributed by atoms with E-state index in [4.69, 9.17) is 23.7 Å². The highest BCUT2D eigenvalue weighted by molar-refractivity contribution is 5.17. The van der Waals surface area contributed by atoms with E-state index in [-0.39, 0.29) is 0 Å². The molecular weight excluding hydrogens is 516 g/mol. The van der Waals surface area contributed by atoms with Crippen LogP contribution in [0.2, 0.25) is 0 Å². The molecule has 5 rings (SSSR count). The molecule has 0 spiro atoms.